The van der Waals surface area contributed by atoms with Gasteiger partial charge in [-0.15, -0.1) is 0 Å². The summed E-state index contributed by atoms with van der Waals surface area (Å²) in [6.45, 7) is 3.97. The molecule has 0 aliphatic carbocycles. The highest BCUT2D eigenvalue weighted by Crippen LogP contribution is 2.07. The van der Waals surface area contributed by atoms with Gasteiger partial charge in [-0.1, -0.05) is 6.07 Å². The van der Waals surface area contributed by atoms with Crippen LogP contribution in [0.1, 0.15) is 18.9 Å². The van der Waals surface area contributed by atoms with Crippen LogP contribution >= 0.6 is 0 Å². The average molecular weight is 221 g/mol. The summed E-state index contributed by atoms with van der Waals surface area (Å²) in [6.07, 6.45) is 2.28. The van der Waals surface area contributed by atoms with Gasteiger partial charge in [-0.2, -0.15) is 0 Å². The Labute approximate surface area is 96.7 Å². The number of carbonyl (C=O) groups excluding carboxylic acids is 1. The molecule has 0 spiro atoms. The summed E-state index contributed by atoms with van der Waals surface area (Å²) in [5.74, 6) is 0.928. The second-order valence-electron chi connectivity index (χ2n) is 4.26. The van der Waals surface area contributed by atoms with E-state index in [1.54, 1.807) is 19.0 Å². The Bertz CT molecular complexity index is 346. The van der Waals surface area contributed by atoms with Crippen molar-refractivity contribution in [3.05, 3.63) is 23.9 Å². The van der Waals surface area contributed by atoms with Gasteiger partial charge in [0.15, 0.2) is 0 Å². The zero-order chi connectivity index (χ0) is 12.1. The van der Waals surface area contributed by atoms with Crippen molar-refractivity contribution in [2.75, 3.05) is 19.4 Å². The van der Waals surface area contributed by atoms with Gasteiger partial charge in [0.1, 0.15) is 5.82 Å². The Morgan fingerprint density at radius 3 is 2.69 bits per heavy atom. The first kappa shape index (κ1) is 12.5. The molecule has 1 amide bonds. The number of carbonyl (C=O) groups is 1. The number of rotatable bonds is 4. The van der Waals surface area contributed by atoms with Crippen molar-refractivity contribution in [2.45, 2.75) is 26.3 Å². The number of hydrogen-bond acceptors (Lipinski definition) is 3. The van der Waals surface area contributed by atoms with Gasteiger partial charge in [0.05, 0.1) is 0 Å². The highest BCUT2D eigenvalue weighted by atomic mass is 16.2. The number of pyridine rings is 1. The number of nitrogens with one attached hydrogen (secondary N) is 1. The maximum Gasteiger partial charge on any atom is 0.224 e. The predicted molar refractivity (Wildman–Crippen MR) is 65.4 cm³/mol. The number of nitrogens with zero attached hydrogens (tertiary/aromatic N) is 2. The number of amides is 1. The Morgan fingerprint density at radius 1 is 1.50 bits per heavy atom. The Balaban J connectivity index is 2.48. The van der Waals surface area contributed by atoms with E-state index in [0.717, 1.165) is 11.4 Å². The lowest BCUT2D eigenvalue weighted by Crippen LogP contribution is -2.28. The Hall–Kier alpha value is -1.58. The van der Waals surface area contributed by atoms with E-state index in [9.17, 15) is 4.79 Å². The van der Waals surface area contributed by atoms with Crippen molar-refractivity contribution in [1.29, 1.82) is 0 Å². The maximum atomic E-state index is 11.5. The summed E-state index contributed by atoms with van der Waals surface area (Å²) in [5.41, 5.74) is 1.13. The number of aryl methyl sites for hydroxylation is 1. The van der Waals surface area contributed by atoms with E-state index in [-0.39, 0.29) is 11.9 Å². The van der Waals surface area contributed by atoms with Crippen molar-refractivity contribution >= 4 is 11.7 Å². The number of hydrogen-bond donors (Lipinski definition) is 1. The standard InChI is InChI=1S/C12H19N3O/c1-9-5-6-11(13-8-9)14-10(2)7-12(16)15(3)4/h5-6,8,10H,7H2,1-4H3,(H,13,14). The van der Waals surface area contributed by atoms with Crippen LogP contribution < -0.4 is 5.32 Å². The normalized spacial score (nSPS) is 12.0. The van der Waals surface area contributed by atoms with Gasteiger partial charge in [-0.05, 0) is 25.5 Å². The van der Waals surface area contributed by atoms with Crippen LogP contribution in [0.25, 0.3) is 0 Å². The van der Waals surface area contributed by atoms with E-state index >= 15 is 0 Å². The van der Waals surface area contributed by atoms with Crippen molar-refractivity contribution < 1.29 is 4.79 Å². The van der Waals surface area contributed by atoms with E-state index in [1.165, 1.54) is 0 Å². The van der Waals surface area contributed by atoms with Crippen molar-refractivity contribution in [3.8, 4) is 0 Å². The molecule has 1 unspecified atom stereocenters. The van der Waals surface area contributed by atoms with E-state index in [0.29, 0.717) is 6.42 Å². The fourth-order valence-electron chi connectivity index (χ4n) is 1.30. The van der Waals surface area contributed by atoms with Gasteiger partial charge in [0.25, 0.3) is 0 Å². The van der Waals surface area contributed by atoms with Crippen LogP contribution in [-0.2, 0) is 4.79 Å². The third-order valence-electron chi connectivity index (χ3n) is 2.29. The summed E-state index contributed by atoms with van der Waals surface area (Å²) < 4.78 is 0. The minimum atomic E-state index is 0.0881. The van der Waals surface area contributed by atoms with Crippen LogP contribution in [0.4, 0.5) is 5.82 Å². The molecule has 0 fully saturated rings. The molecule has 1 atom stereocenters. The molecule has 4 heteroatoms. The van der Waals surface area contributed by atoms with Gasteiger partial charge < -0.3 is 10.2 Å². The molecular formula is C12H19N3O. The van der Waals surface area contributed by atoms with Crippen LogP contribution in [0.5, 0.6) is 0 Å². The molecular weight excluding hydrogens is 202 g/mol. The molecule has 1 aromatic rings. The topological polar surface area (TPSA) is 45.2 Å². The van der Waals surface area contributed by atoms with Gasteiger partial charge in [-0.25, -0.2) is 4.98 Å². The molecule has 16 heavy (non-hydrogen) atoms. The van der Waals surface area contributed by atoms with E-state index < -0.39 is 0 Å². The summed E-state index contributed by atoms with van der Waals surface area (Å²) in [7, 11) is 3.53. The van der Waals surface area contributed by atoms with E-state index in [2.05, 4.69) is 10.3 Å². The third kappa shape index (κ3) is 3.88. The molecule has 1 rings (SSSR count). The zero-order valence-electron chi connectivity index (χ0n) is 10.3. The largest absolute Gasteiger partial charge is 0.367 e. The molecule has 0 radical (unpaired) electrons. The fourth-order valence-corrected chi connectivity index (χ4v) is 1.30. The third-order valence-corrected chi connectivity index (χ3v) is 2.29. The second kappa shape index (κ2) is 5.49. The highest BCUT2D eigenvalue weighted by molar-refractivity contribution is 5.76. The van der Waals surface area contributed by atoms with Gasteiger partial charge in [-0.3, -0.25) is 4.79 Å². The molecule has 0 aliphatic rings. The molecule has 1 N–H and O–H groups in total. The van der Waals surface area contributed by atoms with Gasteiger partial charge in [0.2, 0.25) is 5.91 Å². The first-order valence-corrected chi connectivity index (χ1v) is 5.38. The summed E-state index contributed by atoms with van der Waals surface area (Å²) in [6, 6.07) is 4.01. The van der Waals surface area contributed by atoms with Crippen LogP contribution in [0.2, 0.25) is 0 Å². The van der Waals surface area contributed by atoms with Gasteiger partial charge in [0, 0.05) is 32.8 Å². The minimum absolute atomic E-state index is 0.0881. The first-order chi connectivity index (χ1) is 7.49. The number of aromatic nitrogens is 1. The second-order valence-corrected chi connectivity index (χ2v) is 4.26. The summed E-state index contributed by atoms with van der Waals surface area (Å²) >= 11 is 0. The molecule has 1 aromatic heterocycles. The van der Waals surface area contributed by atoms with E-state index in [1.807, 2.05) is 32.2 Å². The van der Waals surface area contributed by atoms with E-state index in [4.69, 9.17) is 0 Å². The molecule has 0 saturated heterocycles. The van der Waals surface area contributed by atoms with Crippen LogP contribution in [0.3, 0.4) is 0 Å². The Morgan fingerprint density at radius 2 is 2.19 bits per heavy atom. The molecule has 88 valence electrons. The predicted octanol–water partition coefficient (Wildman–Crippen LogP) is 1.67. The molecule has 0 aliphatic heterocycles. The highest BCUT2D eigenvalue weighted by Gasteiger charge is 2.10. The average Bonchev–Trinajstić information content (AvgIpc) is 2.21. The molecule has 1 heterocycles. The molecule has 0 bridgehead atoms. The van der Waals surface area contributed by atoms with Crippen molar-refractivity contribution in [2.24, 2.45) is 0 Å². The van der Waals surface area contributed by atoms with Crippen LogP contribution in [-0.4, -0.2) is 35.9 Å². The SMILES string of the molecule is Cc1ccc(NC(C)CC(=O)N(C)C)nc1. The van der Waals surface area contributed by atoms with Crippen molar-refractivity contribution in [1.82, 2.24) is 9.88 Å². The van der Waals surface area contributed by atoms with Crippen LogP contribution in [0, 0.1) is 6.92 Å². The summed E-state index contributed by atoms with van der Waals surface area (Å²) in [4.78, 5) is 17.3. The quantitative estimate of drug-likeness (QED) is 0.841. The molecule has 0 aromatic carbocycles. The summed E-state index contributed by atoms with van der Waals surface area (Å²) in [5, 5.41) is 3.20. The maximum absolute atomic E-state index is 11.5. The lowest BCUT2D eigenvalue weighted by atomic mass is 10.2. The first-order valence-electron chi connectivity index (χ1n) is 5.38. The monoisotopic (exact) mass is 221 g/mol. The Kier molecular flexibility index (Phi) is 4.28. The lowest BCUT2D eigenvalue weighted by Gasteiger charge is -2.16. The smallest absolute Gasteiger partial charge is 0.224 e. The van der Waals surface area contributed by atoms with Crippen molar-refractivity contribution in [3.63, 3.8) is 0 Å². The lowest BCUT2D eigenvalue weighted by molar-refractivity contribution is -0.128. The molecule has 0 saturated carbocycles. The molecule has 4 nitrogen and oxygen atoms in total. The minimum Gasteiger partial charge on any atom is -0.367 e. The number of anilines is 1. The zero-order valence-corrected chi connectivity index (χ0v) is 10.3. The van der Waals surface area contributed by atoms with Crippen LogP contribution in [0.15, 0.2) is 18.3 Å². The van der Waals surface area contributed by atoms with Gasteiger partial charge >= 0.3 is 0 Å². The fraction of sp³-hybridized carbons (Fsp3) is 0.500.